The zero-order chi connectivity index (χ0) is 11.9. The molecule has 0 amide bonds. The van der Waals surface area contributed by atoms with Gasteiger partial charge in [-0.1, -0.05) is 19.3 Å². The van der Waals surface area contributed by atoms with E-state index in [4.69, 9.17) is 4.74 Å². The predicted octanol–water partition coefficient (Wildman–Crippen LogP) is 2.02. The standard InChI is InChI=1S/C14H28N2O/c1-16(14-7-11-17-12-8-14)10-9-15-13-5-3-2-4-6-13/h13-15H,2-12H2,1H3. The second-order valence-electron chi connectivity index (χ2n) is 5.61. The van der Waals surface area contributed by atoms with Crippen molar-refractivity contribution in [1.29, 1.82) is 0 Å². The molecule has 0 aromatic heterocycles. The van der Waals surface area contributed by atoms with Crippen molar-refractivity contribution < 1.29 is 4.74 Å². The summed E-state index contributed by atoms with van der Waals surface area (Å²) in [5.41, 5.74) is 0. The minimum atomic E-state index is 0.747. The average molecular weight is 240 g/mol. The van der Waals surface area contributed by atoms with E-state index in [1.54, 1.807) is 0 Å². The van der Waals surface area contributed by atoms with Crippen LogP contribution >= 0.6 is 0 Å². The minimum Gasteiger partial charge on any atom is -0.381 e. The van der Waals surface area contributed by atoms with E-state index in [9.17, 15) is 0 Å². The summed E-state index contributed by atoms with van der Waals surface area (Å²) in [6.07, 6.45) is 9.49. The van der Waals surface area contributed by atoms with Crippen LogP contribution in [0, 0.1) is 0 Å². The summed E-state index contributed by atoms with van der Waals surface area (Å²) in [6.45, 7) is 4.23. The summed E-state index contributed by atoms with van der Waals surface area (Å²) in [6, 6.07) is 1.55. The average Bonchev–Trinajstić information content (AvgIpc) is 2.41. The molecule has 1 saturated carbocycles. The van der Waals surface area contributed by atoms with Gasteiger partial charge in [-0.05, 0) is 32.7 Å². The van der Waals surface area contributed by atoms with Crippen LogP contribution < -0.4 is 5.32 Å². The van der Waals surface area contributed by atoms with Gasteiger partial charge in [0.05, 0.1) is 0 Å². The van der Waals surface area contributed by atoms with Crippen LogP contribution in [0.5, 0.6) is 0 Å². The molecule has 1 aliphatic heterocycles. The molecule has 2 rings (SSSR count). The summed E-state index contributed by atoms with van der Waals surface area (Å²) >= 11 is 0. The predicted molar refractivity (Wildman–Crippen MR) is 71.3 cm³/mol. The second-order valence-corrected chi connectivity index (χ2v) is 5.61. The van der Waals surface area contributed by atoms with Crippen LogP contribution in [0.2, 0.25) is 0 Å². The van der Waals surface area contributed by atoms with Crippen molar-refractivity contribution in [3.63, 3.8) is 0 Å². The van der Waals surface area contributed by atoms with E-state index in [0.29, 0.717) is 0 Å². The maximum Gasteiger partial charge on any atom is 0.0480 e. The smallest absolute Gasteiger partial charge is 0.0480 e. The van der Waals surface area contributed by atoms with Crippen molar-refractivity contribution in [2.45, 2.75) is 57.0 Å². The van der Waals surface area contributed by atoms with Gasteiger partial charge in [0, 0.05) is 38.4 Å². The highest BCUT2D eigenvalue weighted by Gasteiger charge is 2.18. The normalized spacial score (nSPS) is 24.4. The SMILES string of the molecule is CN(CCNC1CCCCC1)C1CCOCC1. The van der Waals surface area contributed by atoms with Crippen LogP contribution in [0.1, 0.15) is 44.9 Å². The van der Waals surface area contributed by atoms with Crippen LogP contribution in [0.25, 0.3) is 0 Å². The molecule has 0 aromatic carbocycles. The lowest BCUT2D eigenvalue weighted by atomic mass is 9.95. The van der Waals surface area contributed by atoms with Gasteiger partial charge in [0.1, 0.15) is 0 Å². The van der Waals surface area contributed by atoms with Gasteiger partial charge in [-0.3, -0.25) is 0 Å². The Morgan fingerprint density at radius 3 is 2.47 bits per heavy atom. The number of rotatable bonds is 5. The zero-order valence-corrected chi connectivity index (χ0v) is 11.3. The molecule has 0 atom stereocenters. The molecule has 2 fully saturated rings. The Bertz CT molecular complexity index is 198. The van der Waals surface area contributed by atoms with Crippen LogP contribution in [-0.4, -0.2) is 50.3 Å². The molecule has 0 unspecified atom stereocenters. The van der Waals surface area contributed by atoms with E-state index in [0.717, 1.165) is 31.8 Å². The van der Waals surface area contributed by atoms with Crippen LogP contribution in [-0.2, 0) is 4.74 Å². The molecule has 1 heterocycles. The monoisotopic (exact) mass is 240 g/mol. The summed E-state index contributed by atoms with van der Waals surface area (Å²) in [5.74, 6) is 0. The van der Waals surface area contributed by atoms with Crippen molar-refractivity contribution in [3.05, 3.63) is 0 Å². The third kappa shape index (κ3) is 4.57. The van der Waals surface area contributed by atoms with Crippen LogP contribution in [0.15, 0.2) is 0 Å². The second kappa shape index (κ2) is 7.34. The van der Waals surface area contributed by atoms with Gasteiger partial charge in [-0.15, -0.1) is 0 Å². The largest absolute Gasteiger partial charge is 0.381 e. The van der Waals surface area contributed by atoms with E-state index in [-0.39, 0.29) is 0 Å². The molecular weight excluding hydrogens is 212 g/mol. The molecular formula is C14H28N2O. The Kier molecular flexibility index (Phi) is 5.75. The molecule has 1 N–H and O–H groups in total. The molecule has 1 saturated heterocycles. The highest BCUT2D eigenvalue weighted by atomic mass is 16.5. The lowest BCUT2D eigenvalue weighted by Gasteiger charge is -2.32. The van der Waals surface area contributed by atoms with Gasteiger partial charge >= 0.3 is 0 Å². The third-order valence-electron chi connectivity index (χ3n) is 4.32. The van der Waals surface area contributed by atoms with Crippen molar-refractivity contribution in [1.82, 2.24) is 10.2 Å². The number of likely N-dealkylation sites (N-methyl/N-ethyl adjacent to an activating group) is 1. The summed E-state index contributed by atoms with van der Waals surface area (Å²) in [5, 5.41) is 3.72. The molecule has 1 aliphatic carbocycles. The van der Waals surface area contributed by atoms with E-state index in [1.807, 2.05) is 0 Å². The van der Waals surface area contributed by atoms with Crippen LogP contribution in [0.4, 0.5) is 0 Å². The molecule has 17 heavy (non-hydrogen) atoms. The van der Waals surface area contributed by atoms with Gasteiger partial charge in [-0.2, -0.15) is 0 Å². The lowest BCUT2D eigenvalue weighted by Crippen LogP contribution is -2.42. The van der Waals surface area contributed by atoms with Gasteiger partial charge in [0.2, 0.25) is 0 Å². The van der Waals surface area contributed by atoms with Gasteiger partial charge in [0.15, 0.2) is 0 Å². The molecule has 0 radical (unpaired) electrons. The van der Waals surface area contributed by atoms with Gasteiger partial charge in [-0.25, -0.2) is 0 Å². The fourth-order valence-corrected chi connectivity index (χ4v) is 3.06. The molecule has 2 aliphatic rings. The number of nitrogens with zero attached hydrogens (tertiary/aromatic N) is 1. The van der Waals surface area contributed by atoms with Crippen molar-refractivity contribution in [3.8, 4) is 0 Å². The zero-order valence-electron chi connectivity index (χ0n) is 11.3. The van der Waals surface area contributed by atoms with Crippen molar-refractivity contribution in [2.24, 2.45) is 0 Å². The first-order chi connectivity index (χ1) is 8.36. The quantitative estimate of drug-likeness (QED) is 0.795. The minimum absolute atomic E-state index is 0.747. The maximum absolute atomic E-state index is 5.41. The number of hydrogen-bond acceptors (Lipinski definition) is 3. The Hall–Kier alpha value is -0.120. The fraction of sp³-hybridized carbons (Fsp3) is 1.00. The Morgan fingerprint density at radius 2 is 1.76 bits per heavy atom. The van der Waals surface area contributed by atoms with E-state index >= 15 is 0 Å². The van der Waals surface area contributed by atoms with Crippen LogP contribution in [0.3, 0.4) is 0 Å². The van der Waals surface area contributed by atoms with Gasteiger partial charge < -0.3 is 15.0 Å². The molecule has 0 spiro atoms. The molecule has 100 valence electrons. The van der Waals surface area contributed by atoms with Crippen molar-refractivity contribution in [2.75, 3.05) is 33.4 Å². The first-order valence-electron chi connectivity index (χ1n) is 7.37. The number of hydrogen-bond donors (Lipinski definition) is 1. The molecule has 3 nitrogen and oxygen atoms in total. The van der Waals surface area contributed by atoms with E-state index in [2.05, 4.69) is 17.3 Å². The Labute approximate surface area is 106 Å². The third-order valence-corrected chi connectivity index (χ3v) is 4.32. The fourth-order valence-electron chi connectivity index (χ4n) is 3.06. The topological polar surface area (TPSA) is 24.5 Å². The highest BCUT2D eigenvalue weighted by Crippen LogP contribution is 2.17. The summed E-state index contributed by atoms with van der Waals surface area (Å²) in [4.78, 5) is 2.51. The first kappa shape index (κ1) is 13.3. The van der Waals surface area contributed by atoms with E-state index in [1.165, 1.54) is 51.5 Å². The van der Waals surface area contributed by atoms with Gasteiger partial charge in [0.25, 0.3) is 0 Å². The molecule has 0 bridgehead atoms. The number of nitrogens with one attached hydrogen (secondary N) is 1. The summed E-state index contributed by atoms with van der Waals surface area (Å²) in [7, 11) is 2.26. The maximum atomic E-state index is 5.41. The first-order valence-corrected chi connectivity index (χ1v) is 7.37. The highest BCUT2D eigenvalue weighted by molar-refractivity contribution is 4.75. The number of ether oxygens (including phenoxy) is 1. The van der Waals surface area contributed by atoms with Crippen molar-refractivity contribution >= 4 is 0 Å². The lowest BCUT2D eigenvalue weighted by molar-refractivity contribution is 0.0431. The molecule has 3 heteroatoms. The van der Waals surface area contributed by atoms with E-state index < -0.39 is 0 Å². The molecule has 0 aromatic rings. The Morgan fingerprint density at radius 1 is 1.06 bits per heavy atom. The Balaban J connectivity index is 1.57. The summed E-state index contributed by atoms with van der Waals surface area (Å²) < 4.78 is 5.41.